The Balaban J connectivity index is 2.16. The van der Waals surface area contributed by atoms with Crippen LogP contribution in [0.25, 0.3) is 0 Å². The molecule has 0 amide bonds. The zero-order valence-corrected chi connectivity index (χ0v) is 17.2. The third kappa shape index (κ3) is 6.92. The van der Waals surface area contributed by atoms with Crippen LogP contribution in [0.15, 0.2) is 47.4 Å². The van der Waals surface area contributed by atoms with Crippen LogP contribution in [0.2, 0.25) is 0 Å². The molecule has 0 aromatic heterocycles. The molecule has 32 heavy (non-hydrogen) atoms. The molecule has 0 fully saturated rings. The number of ether oxygens (including phenoxy) is 1. The van der Waals surface area contributed by atoms with Gasteiger partial charge in [-0.3, -0.25) is 4.79 Å². The summed E-state index contributed by atoms with van der Waals surface area (Å²) in [5.74, 6) is -1.25. The van der Waals surface area contributed by atoms with Gasteiger partial charge in [0.25, 0.3) is 0 Å². The van der Waals surface area contributed by atoms with E-state index < -0.39 is 47.2 Å². The summed E-state index contributed by atoms with van der Waals surface area (Å²) in [6, 6.07) is 10.6. The van der Waals surface area contributed by atoms with Gasteiger partial charge in [-0.1, -0.05) is 12.1 Å². The van der Waals surface area contributed by atoms with Crippen LogP contribution in [-0.4, -0.2) is 17.9 Å². The molecule has 2 aromatic rings. The highest BCUT2D eigenvalue weighted by atomic mass is 32.2. The predicted octanol–water partition coefficient (Wildman–Crippen LogP) is 6.37. The summed E-state index contributed by atoms with van der Waals surface area (Å²) < 4.78 is 82.0. The van der Waals surface area contributed by atoms with Gasteiger partial charge in [-0.25, -0.2) is 0 Å². The van der Waals surface area contributed by atoms with Crippen molar-refractivity contribution in [3.05, 3.63) is 59.2 Å². The lowest BCUT2D eigenvalue weighted by atomic mass is 9.85. The Morgan fingerprint density at radius 3 is 2.16 bits per heavy atom. The predicted molar refractivity (Wildman–Crippen MR) is 103 cm³/mol. The van der Waals surface area contributed by atoms with Crippen LogP contribution in [0.3, 0.4) is 0 Å². The first-order chi connectivity index (χ1) is 14.8. The Morgan fingerprint density at radius 1 is 1.03 bits per heavy atom. The van der Waals surface area contributed by atoms with E-state index in [4.69, 9.17) is 10.00 Å². The van der Waals surface area contributed by atoms with Crippen molar-refractivity contribution in [3.63, 3.8) is 0 Å². The molecule has 0 aliphatic rings. The maximum atomic E-state index is 13.2. The van der Waals surface area contributed by atoms with Gasteiger partial charge < -0.3 is 4.74 Å². The molecular formula is C21H14F6N2O2S. The van der Waals surface area contributed by atoms with Crippen molar-refractivity contribution in [1.29, 1.82) is 10.5 Å². The number of benzene rings is 2. The number of carbonyl (C=O) groups is 1. The van der Waals surface area contributed by atoms with Crippen molar-refractivity contribution in [2.45, 2.75) is 29.9 Å². The van der Waals surface area contributed by atoms with E-state index in [9.17, 15) is 36.4 Å². The molecule has 0 radical (unpaired) electrons. The molecule has 0 aliphatic carbocycles. The number of nitrogens with zero attached hydrogens (tertiary/aromatic N) is 2. The molecule has 0 aliphatic heterocycles. The van der Waals surface area contributed by atoms with Crippen molar-refractivity contribution < 1.29 is 35.9 Å². The first kappa shape index (κ1) is 25.1. The fraction of sp³-hybridized carbons (Fsp3) is 0.286. The van der Waals surface area contributed by atoms with E-state index in [1.54, 1.807) is 6.07 Å². The molecule has 168 valence electrons. The minimum Gasteiger partial charge on any atom is -0.491 e. The maximum absolute atomic E-state index is 13.2. The van der Waals surface area contributed by atoms with E-state index in [1.807, 2.05) is 6.07 Å². The van der Waals surface area contributed by atoms with Gasteiger partial charge in [-0.15, -0.1) is 0 Å². The van der Waals surface area contributed by atoms with Gasteiger partial charge >= 0.3 is 11.7 Å². The molecule has 0 N–H and O–H groups in total. The summed E-state index contributed by atoms with van der Waals surface area (Å²) in [7, 11) is 0. The second-order valence-electron chi connectivity index (χ2n) is 6.95. The van der Waals surface area contributed by atoms with Crippen molar-refractivity contribution >= 4 is 17.5 Å². The molecule has 0 spiro atoms. The summed E-state index contributed by atoms with van der Waals surface area (Å²) >= 11 is -0.348. The highest BCUT2D eigenvalue weighted by molar-refractivity contribution is 8.00. The summed E-state index contributed by atoms with van der Waals surface area (Å²) in [4.78, 5) is 12.4. The van der Waals surface area contributed by atoms with Gasteiger partial charge in [0, 0.05) is 16.9 Å². The number of alkyl halides is 6. The number of hydrogen-bond donors (Lipinski definition) is 0. The average Bonchev–Trinajstić information content (AvgIpc) is 2.70. The smallest absolute Gasteiger partial charge is 0.446 e. The molecule has 2 aromatic carbocycles. The van der Waals surface area contributed by atoms with E-state index in [0.29, 0.717) is 6.07 Å². The van der Waals surface area contributed by atoms with Crippen molar-refractivity contribution in [2.75, 3.05) is 6.61 Å². The summed E-state index contributed by atoms with van der Waals surface area (Å²) in [5, 5.41) is 18.4. The fourth-order valence-electron chi connectivity index (χ4n) is 2.60. The maximum Gasteiger partial charge on any atom is 0.446 e. The molecule has 1 atom stereocenters. The van der Waals surface area contributed by atoms with Gasteiger partial charge in [0.2, 0.25) is 0 Å². The second-order valence-corrected chi connectivity index (χ2v) is 8.09. The Bertz CT molecular complexity index is 1070. The van der Waals surface area contributed by atoms with Gasteiger partial charge in [-0.05, 0) is 49.0 Å². The molecular weight excluding hydrogens is 458 g/mol. The number of ketones is 1. The van der Waals surface area contributed by atoms with Crippen LogP contribution in [-0.2, 0) is 6.18 Å². The van der Waals surface area contributed by atoms with Crippen LogP contribution < -0.4 is 4.74 Å². The summed E-state index contributed by atoms with van der Waals surface area (Å²) in [5.41, 5.74) is -7.21. The first-order valence-corrected chi connectivity index (χ1v) is 9.62. The van der Waals surface area contributed by atoms with Crippen LogP contribution in [0.5, 0.6) is 5.75 Å². The Labute approximate surface area is 183 Å². The quantitative estimate of drug-likeness (QED) is 0.266. The minimum atomic E-state index is -4.77. The van der Waals surface area contributed by atoms with Gasteiger partial charge in [0.05, 0.1) is 28.7 Å². The highest BCUT2D eigenvalue weighted by Gasteiger charge is 2.36. The summed E-state index contributed by atoms with van der Waals surface area (Å²) in [6.45, 7) is 0.718. The Morgan fingerprint density at radius 2 is 1.66 bits per heavy atom. The molecule has 0 bridgehead atoms. The SMILES string of the molecule is C[C@@](C#N)(COc1cc(C#N)ccc1C(F)(F)F)CC(=O)c1ccc(SC(F)(F)F)cc1. The van der Waals surface area contributed by atoms with Crippen molar-refractivity contribution in [2.24, 2.45) is 5.41 Å². The van der Waals surface area contributed by atoms with Crippen molar-refractivity contribution in [3.8, 4) is 17.9 Å². The van der Waals surface area contributed by atoms with Gasteiger partial charge in [0.1, 0.15) is 12.4 Å². The van der Waals surface area contributed by atoms with Gasteiger partial charge in [0.15, 0.2) is 5.78 Å². The zero-order chi connectivity index (χ0) is 24.2. The molecule has 0 saturated carbocycles. The third-order valence-corrected chi connectivity index (χ3v) is 4.93. The first-order valence-electron chi connectivity index (χ1n) is 8.81. The number of halogens is 6. The number of rotatable bonds is 7. The van der Waals surface area contributed by atoms with E-state index in [1.165, 1.54) is 19.1 Å². The molecule has 0 heterocycles. The number of carbonyl (C=O) groups excluding carboxylic acids is 1. The van der Waals surface area contributed by atoms with Crippen LogP contribution in [0.1, 0.15) is 34.8 Å². The van der Waals surface area contributed by atoms with E-state index in [-0.39, 0.29) is 27.8 Å². The second kappa shape index (κ2) is 9.53. The molecule has 11 heteroatoms. The monoisotopic (exact) mass is 472 g/mol. The minimum absolute atomic E-state index is 0.0421. The lowest BCUT2D eigenvalue weighted by molar-refractivity contribution is -0.139. The van der Waals surface area contributed by atoms with E-state index in [0.717, 1.165) is 24.3 Å². The number of nitriles is 2. The molecule has 0 saturated heterocycles. The highest BCUT2D eigenvalue weighted by Crippen LogP contribution is 2.38. The fourth-order valence-corrected chi connectivity index (χ4v) is 3.14. The Kier molecular flexibility index (Phi) is 7.47. The largest absolute Gasteiger partial charge is 0.491 e. The standard InChI is InChI=1S/C21H14F6N2O2S/c1-19(11-29,9-17(30)14-3-5-15(6-4-14)32-21(25,26)27)12-31-18-8-13(10-28)2-7-16(18)20(22,23)24/h2-8H,9,12H2,1H3/t19-/m1/s1. The third-order valence-electron chi connectivity index (χ3n) is 4.19. The zero-order valence-electron chi connectivity index (χ0n) is 16.3. The summed E-state index contributed by atoms with van der Waals surface area (Å²) in [6.07, 6.45) is -5.22. The molecule has 0 unspecified atom stereocenters. The Hall–Kier alpha value is -3.18. The van der Waals surface area contributed by atoms with Gasteiger partial charge in [-0.2, -0.15) is 36.9 Å². The van der Waals surface area contributed by atoms with Crippen LogP contribution in [0.4, 0.5) is 26.3 Å². The lowest BCUT2D eigenvalue weighted by Gasteiger charge is -2.23. The number of Topliss-reactive ketones (excluding diaryl/α,β-unsaturated/α-hetero) is 1. The topological polar surface area (TPSA) is 73.9 Å². The van der Waals surface area contributed by atoms with Crippen LogP contribution >= 0.6 is 11.8 Å². The van der Waals surface area contributed by atoms with Crippen LogP contribution in [0, 0.1) is 28.1 Å². The van der Waals surface area contributed by atoms with E-state index >= 15 is 0 Å². The normalized spacial score (nSPS) is 13.5. The molecule has 4 nitrogen and oxygen atoms in total. The average molecular weight is 472 g/mol. The van der Waals surface area contributed by atoms with E-state index in [2.05, 4.69) is 0 Å². The van der Waals surface area contributed by atoms with Crippen molar-refractivity contribution in [1.82, 2.24) is 0 Å². The number of thioether (sulfide) groups is 1. The lowest BCUT2D eigenvalue weighted by Crippen LogP contribution is -2.27. The molecule has 2 rings (SSSR count). The number of hydrogen-bond acceptors (Lipinski definition) is 5.